The van der Waals surface area contributed by atoms with Crippen molar-refractivity contribution < 1.29 is 9.26 Å². The first kappa shape index (κ1) is 13.2. The van der Waals surface area contributed by atoms with Crippen LogP contribution in [0.5, 0.6) is 5.75 Å². The monoisotopic (exact) mass is 271 g/mol. The first-order chi connectivity index (χ1) is 9.70. The minimum absolute atomic E-state index is 0.491. The third-order valence-corrected chi connectivity index (χ3v) is 3.96. The number of aromatic nitrogens is 1. The van der Waals surface area contributed by atoms with Gasteiger partial charge in [0.1, 0.15) is 23.8 Å². The molecule has 0 bridgehead atoms. The molecular formula is C17H21NO2. The molecule has 1 aromatic carbocycles. The minimum atomic E-state index is 0.491. The van der Waals surface area contributed by atoms with Crippen LogP contribution >= 0.6 is 0 Å². The summed E-state index contributed by atoms with van der Waals surface area (Å²) >= 11 is 0. The van der Waals surface area contributed by atoms with Crippen LogP contribution in [0.1, 0.15) is 53.8 Å². The molecule has 3 heteroatoms. The highest BCUT2D eigenvalue weighted by Crippen LogP contribution is 2.42. The van der Waals surface area contributed by atoms with Crippen molar-refractivity contribution in [3.63, 3.8) is 0 Å². The molecule has 106 valence electrons. The highest BCUT2D eigenvalue weighted by molar-refractivity contribution is 5.40. The molecule has 1 aromatic heterocycles. The van der Waals surface area contributed by atoms with Crippen LogP contribution in [0.15, 0.2) is 22.7 Å². The summed E-state index contributed by atoms with van der Waals surface area (Å²) in [7, 11) is 0. The molecule has 1 aliphatic rings. The Kier molecular flexibility index (Phi) is 3.51. The van der Waals surface area contributed by atoms with Crippen LogP contribution < -0.4 is 4.74 Å². The lowest BCUT2D eigenvalue weighted by molar-refractivity contribution is 0.283. The predicted octanol–water partition coefficient (Wildman–Crippen LogP) is 4.31. The molecule has 3 rings (SSSR count). The molecule has 1 aliphatic carbocycles. The van der Waals surface area contributed by atoms with Gasteiger partial charge in [0.25, 0.3) is 0 Å². The van der Waals surface area contributed by atoms with Gasteiger partial charge in [-0.25, -0.2) is 0 Å². The summed E-state index contributed by atoms with van der Waals surface area (Å²) in [5.74, 6) is 2.66. The van der Waals surface area contributed by atoms with Crippen molar-refractivity contribution in [1.82, 2.24) is 5.16 Å². The second-order valence-electron chi connectivity index (χ2n) is 5.61. The van der Waals surface area contributed by atoms with E-state index < -0.39 is 0 Å². The fourth-order valence-electron chi connectivity index (χ4n) is 2.68. The molecule has 0 amide bonds. The molecule has 0 saturated heterocycles. The summed E-state index contributed by atoms with van der Waals surface area (Å²) in [5.41, 5.74) is 4.53. The van der Waals surface area contributed by atoms with Gasteiger partial charge in [-0.05, 0) is 44.2 Å². The lowest BCUT2D eigenvalue weighted by Gasteiger charge is -2.11. The number of ether oxygens (including phenoxy) is 1. The van der Waals surface area contributed by atoms with E-state index in [1.54, 1.807) is 0 Å². The fraction of sp³-hybridized carbons (Fsp3) is 0.471. The van der Waals surface area contributed by atoms with Crippen LogP contribution in [0.25, 0.3) is 0 Å². The maximum absolute atomic E-state index is 5.99. The first-order valence-corrected chi connectivity index (χ1v) is 7.37. The van der Waals surface area contributed by atoms with E-state index in [1.165, 1.54) is 18.4 Å². The maximum atomic E-state index is 5.99. The van der Waals surface area contributed by atoms with Crippen LogP contribution in [-0.2, 0) is 13.0 Å². The molecule has 3 nitrogen and oxygen atoms in total. The van der Waals surface area contributed by atoms with Crippen molar-refractivity contribution >= 4 is 0 Å². The Balaban J connectivity index is 1.78. The second kappa shape index (κ2) is 5.31. The maximum Gasteiger partial charge on any atom is 0.143 e. The van der Waals surface area contributed by atoms with Crippen LogP contribution in [0.4, 0.5) is 0 Å². The number of nitrogens with zero attached hydrogens (tertiary/aromatic N) is 1. The van der Waals surface area contributed by atoms with Crippen molar-refractivity contribution in [2.24, 2.45) is 0 Å². The summed E-state index contributed by atoms with van der Waals surface area (Å²) in [5, 5.41) is 4.22. The average Bonchev–Trinajstić information content (AvgIpc) is 3.19. The second-order valence-corrected chi connectivity index (χ2v) is 5.61. The number of benzene rings is 1. The number of hydrogen-bond donors (Lipinski definition) is 0. The van der Waals surface area contributed by atoms with Gasteiger partial charge in [0, 0.05) is 11.5 Å². The zero-order valence-electron chi connectivity index (χ0n) is 12.4. The first-order valence-electron chi connectivity index (χ1n) is 7.37. The molecule has 1 fully saturated rings. The molecule has 0 radical (unpaired) electrons. The van der Waals surface area contributed by atoms with E-state index in [1.807, 2.05) is 0 Å². The van der Waals surface area contributed by atoms with Crippen molar-refractivity contribution in [3.8, 4) is 5.75 Å². The van der Waals surface area contributed by atoms with Crippen LogP contribution in [0.2, 0.25) is 0 Å². The molecular weight excluding hydrogens is 250 g/mol. The van der Waals surface area contributed by atoms with E-state index in [-0.39, 0.29) is 0 Å². The number of hydrogen-bond acceptors (Lipinski definition) is 3. The molecule has 2 aromatic rings. The Bertz CT molecular complexity index is 591. The molecule has 0 N–H and O–H groups in total. The number of para-hydroxylation sites is 1. The van der Waals surface area contributed by atoms with Crippen LogP contribution in [0, 0.1) is 13.8 Å². The quantitative estimate of drug-likeness (QED) is 0.812. The van der Waals surface area contributed by atoms with Gasteiger partial charge in [0.2, 0.25) is 0 Å². The lowest BCUT2D eigenvalue weighted by atomic mass is 10.1. The standard InChI is InChI=1S/C17H21NO2/c1-4-14-15(18-20-17(14)13-8-9-13)10-19-16-11(2)6-5-7-12(16)3/h5-7,13H,4,8-10H2,1-3H3. The molecule has 1 saturated carbocycles. The molecule has 20 heavy (non-hydrogen) atoms. The Morgan fingerprint density at radius 1 is 1.25 bits per heavy atom. The lowest BCUT2D eigenvalue weighted by Crippen LogP contribution is -2.02. The zero-order valence-corrected chi connectivity index (χ0v) is 12.4. The molecule has 0 atom stereocenters. The molecule has 1 heterocycles. The van der Waals surface area contributed by atoms with Gasteiger partial charge < -0.3 is 9.26 Å². The summed E-state index contributed by atoms with van der Waals surface area (Å²) in [6, 6.07) is 6.19. The van der Waals surface area contributed by atoms with E-state index in [2.05, 4.69) is 44.1 Å². The van der Waals surface area contributed by atoms with Gasteiger partial charge in [-0.1, -0.05) is 30.3 Å². The van der Waals surface area contributed by atoms with Gasteiger partial charge in [-0.15, -0.1) is 0 Å². The van der Waals surface area contributed by atoms with Crippen molar-refractivity contribution in [2.75, 3.05) is 0 Å². The van der Waals surface area contributed by atoms with E-state index in [0.717, 1.165) is 34.8 Å². The topological polar surface area (TPSA) is 35.3 Å². The van der Waals surface area contributed by atoms with Crippen LogP contribution in [-0.4, -0.2) is 5.16 Å². The predicted molar refractivity (Wildman–Crippen MR) is 78.1 cm³/mol. The van der Waals surface area contributed by atoms with Gasteiger partial charge in [-0.2, -0.15) is 0 Å². The number of aryl methyl sites for hydroxylation is 2. The molecule has 0 aliphatic heterocycles. The SMILES string of the molecule is CCc1c(COc2c(C)cccc2C)noc1C1CC1. The molecule has 0 unspecified atom stereocenters. The van der Waals surface area contributed by atoms with Gasteiger partial charge in [-0.3, -0.25) is 0 Å². The highest BCUT2D eigenvalue weighted by Gasteiger charge is 2.31. The normalized spacial score (nSPS) is 14.6. The smallest absolute Gasteiger partial charge is 0.143 e. The summed E-state index contributed by atoms with van der Waals surface area (Å²) in [4.78, 5) is 0. The van der Waals surface area contributed by atoms with Crippen molar-refractivity contribution in [3.05, 3.63) is 46.3 Å². The Morgan fingerprint density at radius 3 is 2.55 bits per heavy atom. The van der Waals surface area contributed by atoms with Gasteiger partial charge in [0.05, 0.1) is 0 Å². The summed E-state index contributed by atoms with van der Waals surface area (Å²) in [6.45, 7) is 6.79. The van der Waals surface area contributed by atoms with Crippen molar-refractivity contribution in [1.29, 1.82) is 0 Å². The molecule has 0 spiro atoms. The third-order valence-electron chi connectivity index (χ3n) is 3.96. The Hall–Kier alpha value is -1.77. The van der Waals surface area contributed by atoms with E-state index >= 15 is 0 Å². The van der Waals surface area contributed by atoms with E-state index in [4.69, 9.17) is 9.26 Å². The average molecular weight is 271 g/mol. The van der Waals surface area contributed by atoms with E-state index in [0.29, 0.717) is 12.5 Å². The van der Waals surface area contributed by atoms with Crippen molar-refractivity contribution in [2.45, 2.75) is 52.6 Å². The Labute approximate surface area is 119 Å². The minimum Gasteiger partial charge on any atom is -0.487 e. The highest BCUT2D eigenvalue weighted by atomic mass is 16.5. The van der Waals surface area contributed by atoms with Crippen LogP contribution in [0.3, 0.4) is 0 Å². The van der Waals surface area contributed by atoms with E-state index in [9.17, 15) is 0 Å². The third kappa shape index (κ3) is 2.45. The van der Waals surface area contributed by atoms with Gasteiger partial charge in [0.15, 0.2) is 0 Å². The summed E-state index contributed by atoms with van der Waals surface area (Å²) < 4.78 is 11.5. The largest absolute Gasteiger partial charge is 0.487 e. The fourth-order valence-corrected chi connectivity index (χ4v) is 2.68. The number of rotatable bonds is 5. The Morgan fingerprint density at radius 2 is 1.95 bits per heavy atom. The zero-order chi connectivity index (χ0) is 14.1. The summed E-state index contributed by atoms with van der Waals surface area (Å²) in [6.07, 6.45) is 3.43. The van der Waals surface area contributed by atoms with Gasteiger partial charge >= 0.3 is 0 Å².